The summed E-state index contributed by atoms with van der Waals surface area (Å²) in [6.07, 6.45) is 0.775. The van der Waals surface area contributed by atoms with Crippen molar-refractivity contribution in [3.63, 3.8) is 0 Å². The van der Waals surface area contributed by atoms with Gasteiger partial charge in [-0.3, -0.25) is 9.89 Å². The Morgan fingerprint density at radius 2 is 2.24 bits per heavy atom. The number of anilines is 1. The lowest BCUT2D eigenvalue weighted by atomic mass is 10.3. The van der Waals surface area contributed by atoms with Gasteiger partial charge in [0.2, 0.25) is 0 Å². The maximum absolute atomic E-state index is 11.9. The fourth-order valence-electron chi connectivity index (χ4n) is 1.60. The second-order valence-electron chi connectivity index (χ2n) is 3.88. The summed E-state index contributed by atoms with van der Waals surface area (Å²) in [7, 11) is 0. The Bertz CT molecular complexity index is 520. The van der Waals surface area contributed by atoms with Crippen LogP contribution in [0.25, 0.3) is 0 Å². The average molecular weight is 233 g/mol. The number of nitrogens with one attached hydrogen (secondary N) is 2. The zero-order valence-corrected chi connectivity index (χ0v) is 10.1. The van der Waals surface area contributed by atoms with Crippen molar-refractivity contribution in [2.24, 2.45) is 0 Å². The van der Waals surface area contributed by atoms with E-state index in [0.717, 1.165) is 23.6 Å². The van der Waals surface area contributed by atoms with Crippen LogP contribution in [-0.2, 0) is 6.42 Å². The lowest BCUT2D eigenvalue weighted by Crippen LogP contribution is -2.12. The van der Waals surface area contributed by atoms with Crippen molar-refractivity contribution in [3.8, 4) is 0 Å². The first-order chi connectivity index (χ1) is 8.11. The molecule has 0 spiro atoms. The first-order valence-electron chi connectivity index (χ1n) is 5.53. The Balaban J connectivity index is 2.17. The monoisotopic (exact) mass is 233 g/mol. The van der Waals surface area contributed by atoms with E-state index in [9.17, 15) is 4.79 Å². The first-order valence-corrected chi connectivity index (χ1v) is 5.53. The summed E-state index contributed by atoms with van der Waals surface area (Å²) in [5, 5.41) is 9.61. The fourth-order valence-corrected chi connectivity index (χ4v) is 1.60. The number of H-pyrrole nitrogens is 1. The number of aromatic nitrogens is 2. The molecule has 1 amide bonds. The summed E-state index contributed by atoms with van der Waals surface area (Å²) in [6, 6.07) is 3.49. The largest absolute Gasteiger partial charge is 0.456 e. The van der Waals surface area contributed by atoms with Crippen LogP contribution in [-0.4, -0.2) is 16.1 Å². The number of carbonyl (C=O) groups excluding carboxylic acids is 1. The molecule has 0 bridgehead atoms. The maximum Gasteiger partial charge on any atom is 0.291 e. The molecule has 0 radical (unpaired) electrons. The number of aryl methyl sites for hydroxylation is 3. The van der Waals surface area contributed by atoms with Crippen molar-refractivity contribution in [2.45, 2.75) is 27.2 Å². The molecule has 0 aromatic carbocycles. The smallest absolute Gasteiger partial charge is 0.291 e. The van der Waals surface area contributed by atoms with Gasteiger partial charge >= 0.3 is 0 Å². The SMILES string of the molecule is CCc1ccc(C(=O)Nc2c(C)n[nH]c2C)o1. The maximum atomic E-state index is 11.9. The summed E-state index contributed by atoms with van der Waals surface area (Å²) in [6.45, 7) is 5.67. The van der Waals surface area contributed by atoms with E-state index in [1.165, 1.54) is 0 Å². The highest BCUT2D eigenvalue weighted by Gasteiger charge is 2.14. The lowest BCUT2D eigenvalue weighted by molar-refractivity contribution is 0.0995. The molecule has 2 rings (SSSR count). The standard InChI is InChI=1S/C12H15N3O2/c1-4-9-5-6-10(17-9)12(16)13-11-7(2)14-15-8(11)3/h5-6H,4H2,1-3H3,(H,13,16)(H,14,15). The fraction of sp³-hybridized carbons (Fsp3) is 0.333. The van der Waals surface area contributed by atoms with Crippen molar-refractivity contribution >= 4 is 11.6 Å². The summed E-state index contributed by atoms with van der Waals surface area (Å²) in [5.74, 6) is 0.870. The van der Waals surface area contributed by atoms with Crippen molar-refractivity contribution in [1.82, 2.24) is 10.2 Å². The second kappa shape index (κ2) is 4.45. The third kappa shape index (κ3) is 2.22. The van der Waals surface area contributed by atoms with E-state index in [0.29, 0.717) is 11.4 Å². The number of nitrogens with zero attached hydrogens (tertiary/aromatic N) is 1. The Hall–Kier alpha value is -2.04. The van der Waals surface area contributed by atoms with Gasteiger partial charge < -0.3 is 9.73 Å². The molecule has 0 aliphatic rings. The van der Waals surface area contributed by atoms with Crippen LogP contribution in [0, 0.1) is 13.8 Å². The van der Waals surface area contributed by atoms with Crippen LogP contribution in [0.1, 0.15) is 34.6 Å². The molecule has 17 heavy (non-hydrogen) atoms. The molecule has 5 heteroatoms. The zero-order valence-electron chi connectivity index (χ0n) is 10.1. The van der Waals surface area contributed by atoms with Crippen molar-refractivity contribution in [2.75, 3.05) is 5.32 Å². The Labute approximate surface area is 99.2 Å². The molecule has 0 aliphatic heterocycles. The quantitative estimate of drug-likeness (QED) is 0.855. The summed E-state index contributed by atoms with van der Waals surface area (Å²) in [4.78, 5) is 11.9. The molecule has 0 fully saturated rings. The van der Waals surface area contributed by atoms with Crippen LogP contribution in [0.4, 0.5) is 5.69 Å². The molecule has 0 saturated heterocycles. The van der Waals surface area contributed by atoms with Gasteiger partial charge in [-0.25, -0.2) is 0 Å². The van der Waals surface area contributed by atoms with Crippen LogP contribution >= 0.6 is 0 Å². The lowest BCUT2D eigenvalue weighted by Gasteiger charge is -2.02. The van der Waals surface area contributed by atoms with Crippen molar-refractivity contribution in [1.29, 1.82) is 0 Å². The normalized spacial score (nSPS) is 10.5. The minimum atomic E-state index is -0.252. The van der Waals surface area contributed by atoms with E-state index in [1.54, 1.807) is 6.07 Å². The van der Waals surface area contributed by atoms with Gasteiger partial charge in [0.15, 0.2) is 5.76 Å². The number of rotatable bonds is 3. The molecule has 0 saturated carbocycles. The van der Waals surface area contributed by atoms with E-state index in [1.807, 2.05) is 26.8 Å². The third-order valence-corrected chi connectivity index (χ3v) is 2.60. The minimum absolute atomic E-state index is 0.252. The van der Waals surface area contributed by atoms with E-state index in [-0.39, 0.29) is 5.91 Å². The number of amides is 1. The Morgan fingerprint density at radius 1 is 1.47 bits per heavy atom. The minimum Gasteiger partial charge on any atom is -0.456 e. The van der Waals surface area contributed by atoms with Gasteiger partial charge in [0.05, 0.1) is 17.1 Å². The summed E-state index contributed by atoms with van der Waals surface area (Å²) >= 11 is 0. The van der Waals surface area contributed by atoms with E-state index in [2.05, 4.69) is 15.5 Å². The number of carbonyl (C=O) groups is 1. The summed E-state index contributed by atoms with van der Waals surface area (Å²) < 4.78 is 5.38. The Morgan fingerprint density at radius 3 is 2.76 bits per heavy atom. The molecule has 0 unspecified atom stereocenters. The zero-order chi connectivity index (χ0) is 12.4. The van der Waals surface area contributed by atoms with E-state index >= 15 is 0 Å². The molecule has 5 nitrogen and oxygen atoms in total. The molecule has 2 N–H and O–H groups in total. The van der Waals surface area contributed by atoms with Crippen LogP contribution in [0.3, 0.4) is 0 Å². The third-order valence-electron chi connectivity index (χ3n) is 2.60. The van der Waals surface area contributed by atoms with Gasteiger partial charge in [0, 0.05) is 6.42 Å². The average Bonchev–Trinajstić information content (AvgIpc) is 2.90. The van der Waals surface area contributed by atoms with Crippen molar-refractivity contribution < 1.29 is 9.21 Å². The molecule has 2 aromatic rings. The molecule has 0 aliphatic carbocycles. The van der Waals surface area contributed by atoms with E-state index in [4.69, 9.17) is 4.42 Å². The number of furan rings is 1. The van der Waals surface area contributed by atoms with Gasteiger partial charge in [0.25, 0.3) is 5.91 Å². The van der Waals surface area contributed by atoms with Gasteiger partial charge in [-0.15, -0.1) is 0 Å². The van der Waals surface area contributed by atoms with Gasteiger partial charge in [0.1, 0.15) is 5.76 Å². The number of hydrogen-bond acceptors (Lipinski definition) is 3. The van der Waals surface area contributed by atoms with Crippen molar-refractivity contribution in [3.05, 3.63) is 35.0 Å². The van der Waals surface area contributed by atoms with Crippen LogP contribution in [0.15, 0.2) is 16.5 Å². The molecular formula is C12H15N3O2. The van der Waals surface area contributed by atoms with Crippen LogP contribution in [0.2, 0.25) is 0 Å². The highest BCUT2D eigenvalue weighted by Crippen LogP contribution is 2.18. The molecule has 90 valence electrons. The second-order valence-corrected chi connectivity index (χ2v) is 3.88. The highest BCUT2D eigenvalue weighted by molar-refractivity contribution is 6.02. The first kappa shape index (κ1) is 11.4. The van der Waals surface area contributed by atoms with Gasteiger partial charge in [-0.2, -0.15) is 5.10 Å². The topological polar surface area (TPSA) is 70.9 Å². The summed E-state index contributed by atoms with van der Waals surface area (Å²) in [5.41, 5.74) is 2.31. The van der Waals surface area contributed by atoms with Crippen LogP contribution < -0.4 is 5.32 Å². The number of aromatic amines is 1. The van der Waals surface area contributed by atoms with E-state index < -0.39 is 0 Å². The molecular weight excluding hydrogens is 218 g/mol. The number of hydrogen-bond donors (Lipinski definition) is 2. The van der Waals surface area contributed by atoms with Gasteiger partial charge in [-0.05, 0) is 26.0 Å². The predicted molar refractivity (Wildman–Crippen MR) is 64.1 cm³/mol. The highest BCUT2D eigenvalue weighted by atomic mass is 16.3. The van der Waals surface area contributed by atoms with Crippen LogP contribution in [0.5, 0.6) is 0 Å². The van der Waals surface area contributed by atoms with Gasteiger partial charge in [-0.1, -0.05) is 6.92 Å². The molecule has 0 atom stereocenters. The molecule has 2 heterocycles. The predicted octanol–water partition coefficient (Wildman–Crippen LogP) is 2.43. The molecule has 2 aromatic heterocycles. The Kier molecular flexibility index (Phi) is 2.99.